The molecule has 0 aromatic heterocycles. The van der Waals surface area contributed by atoms with Crippen LogP contribution in [-0.2, 0) is 4.79 Å². The second kappa shape index (κ2) is 6.47. The van der Waals surface area contributed by atoms with Gasteiger partial charge in [0, 0.05) is 45.3 Å². The van der Waals surface area contributed by atoms with E-state index in [1.165, 1.54) is 0 Å². The lowest BCUT2D eigenvalue weighted by Gasteiger charge is -2.36. The summed E-state index contributed by atoms with van der Waals surface area (Å²) < 4.78 is 0. The lowest BCUT2D eigenvalue weighted by atomic mass is 10.1. The second-order valence-electron chi connectivity index (χ2n) is 5.13. The number of rotatable bonds is 3. The summed E-state index contributed by atoms with van der Waals surface area (Å²) in [6.45, 7) is 6.79. The number of carbonyl (C=O) groups excluding carboxylic acids is 2. The molecular weight excluding hydrogens is 268 g/mol. The van der Waals surface area contributed by atoms with E-state index >= 15 is 0 Å². The minimum absolute atomic E-state index is 0.0891. The molecular formula is C15H22N4O2. The minimum Gasteiger partial charge on any atom is -0.399 e. The van der Waals surface area contributed by atoms with Gasteiger partial charge in [-0.05, 0) is 25.1 Å². The van der Waals surface area contributed by atoms with Crippen LogP contribution >= 0.6 is 0 Å². The zero-order valence-corrected chi connectivity index (χ0v) is 12.6. The van der Waals surface area contributed by atoms with Crippen LogP contribution in [0.15, 0.2) is 18.2 Å². The zero-order chi connectivity index (χ0) is 15.4. The van der Waals surface area contributed by atoms with E-state index in [-0.39, 0.29) is 11.8 Å². The van der Waals surface area contributed by atoms with Crippen molar-refractivity contribution in [2.24, 2.45) is 0 Å². The number of anilines is 2. The van der Waals surface area contributed by atoms with Crippen LogP contribution in [0.2, 0.25) is 0 Å². The van der Waals surface area contributed by atoms with Crippen molar-refractivity contribution < 1.29 is 9.59 Å². The van der Waals surface area contributed by atoms with Crippen molar-refractivity contribution >= 4 is 23.2 Å². The first-order valence-electron chi connectivity index (χ1n) is 7.21. The maximum atomic E-state index is 12.1. The fourth-order valence-electron chi connectivity index (χ4n) is 2.52. The summed E-state index contributed by atoms with van der Waals surface area (Å²) in [7, 11) is 0. The predicted molar refractivity (Wildman–Crippen MR) is 83.3 cm³/mol. The summed E-state index contributed by atoms with van der Waals surface area (Å²) in [6.07, 6.45) is 0. The third-order valence-electron chi connectivity index (χ3n) is 3.67. The summed E-state index contributed by atoms with van der Waals surface area (Å²) in [6, 6.07) is 5.32. The molecule has 0 saturated carbocycles. The quantitative estimate of drug-likeness (QED) is 0.803. The van der Waals surface area contributed by atoms with Gasteiger partial charge in [0.1, 0.15) is 0 Å². The second-order valence-corrected chi connectivity index (χ2v) is 5.13. The molecule has 0 spiro atoms. The van der Waals surface area contributed by atoms with Crippen LogP contribution in [0.4, 0.5) is 11.4 Å². The van der Waals surface area contributed by atoms with Crippen molar-refractivity contribution in [2.75, 3.05) is 43.4 Å². The van der Waals surface area contributed by atoms with Crippen molar-refractivity contribution in [3.8, 4) is 0 Å². The average molecular weight is 290 g/mol. The van der Waals surface area contributed by atoms with Gasteiger partial charge in [0.25, 0.3) is 5.91 Å². The Balaban J connectivity index is 2.21. The summed E-state index contributed by atoms with van der Waals surface area (Å²) in [5.74, 6) is -0.00678. The number of hydrogen-bond donors (Lipinski definition) is 2. The molecule has 0 bridgehead atoms. The molecule has 6 nitrogen and oxygen atoms in total. The highest BCUT2D eigenvalue weighted by Gasteiger charge is 2.22. The van der Waals surface area contributed by atoms with Gasteiger partial charge in [-0.25, -0.2) is 0 Å². The summed E-state index contributed by atoms with van der Waals surface area (Å²) in [4.78, 5) is 27.5. The molecule has 1 heterocycles. The zero-order valence-electron chi connectivity index (χ0n) is 12.6. The number of amides is 2. The predicted octanol–water partition coefficient (Wildman–Crippen LogP) is 0.687. The van der Waals surface area contributed by atoms with Crippen LogP contribution in [0.1, 0.15) is 24.2 Å². The van der Waals surface area contributed by atoms with Crippen LogP contribution in [-0.4, -0.2) is 49.4 Å². The van der Waals surface area contributed by atoms with E-state index in [1.807, 2.05) is 17.9 Å². The van der Waals surface area contributed by atoms with Crippen LogP contribution < -0.4 is 16.0 Å². The van der Waals surface area contributed by atoms with Crippen LogP contribution in [0.5, 0.6) is 0 Å². The molecule has 1 aliphatic rings. The van der Waals surface area contributed by atoms with Crippen molar-refractivity contribution in [1.29, 1.82) is 0 Å². The number of carbonyl (C=O) groups is 2. The maximum Gasteiger partial charge on any atom is 0.253 e. The smallest absolute Gasteiger partial charge is 0.253 e. The fourth-order valence-corrected chi connectivity index (χ4v) is 2.52. The molecule has 6 heteroatoms. The van der Waals surface area contributed by atoms with Gasteiger partial charge in [0.05, 0.1) is 11.3 Å². The van der Waals surface area contributed by atoms with Gasteiger partial charge in [0.15, 0.2) is 0 Å². The highest BCUT2D eigenvalue weighted by Crippen LogP contribution is 2.25. The Morgan fingerprint density at radius 3 is 2.48 bits per heavy atom. The molecule has 3 N–H and O–H groups in total. The number of piperazine rings is 1. The lowest BCUT2D eigenvalue weighted by Crippen LogP contribution is -2.48. The van der Waals surface area contributed by atoms with E-state index in [4.69, 9.17) is 5.73 Å². The third kappa shape index (κ3) is 3.45. The van der Waals surface area contributed by atoms with Crippen LogP contribution in [0.25, 0.3) is 0 Å². The molecule has 1 fully saturated rings. The number of nitrogen functional groups attached to an aromatic ring is 1. The van der Waals surface area contributed by atoms with Crippen LogP contribution in [0, 0.1) is 0 Å². The molecule has 1 aromatic carbocycles. The van der Waals surface area contributed by atoms with E-state index in [0.717, 1.165) is 5.69 Å². The van der Waals surface area contributed by atoms with Gasteiger partial charge in [0.2, 0.25) is 5.91 Å². The normalized spacial score (nSPS) is 15.0. The van der Waals surface area contributed by atoms with Gasteiger partial charge in [-0.2, -0.15) is 0 Å². The fraction of sp³-hybridized carbons (Fsp3) is 0.467. The number of nitrogens with zero attached hydrogens (tertiary/aromatic N) is 2. The average Bonchev–Trinajstić information content (AvgIpc) is 2.47. The largest absolute Gasteiger partial charge is 0.399 e. The lowest BCUT2D eigenvalue weighted by molar-refractivity contribution is -0.129. The van der Waals surface area contributed by atoms with Gasteiger partial charge in [-0.1, -0.05) is 0 Å². The standard InChI is InChI=1S/C15H22N4O2/c1-3-17-15(21)13-5-4-12(16)10-14(13)19-8-6-18(7-9-19)11(2)20/h4-5,10H,3,6-9,16H2,1-2H3,(H,17,21). The van der Waals surface area contributed by atoms with E-state index < -0.39 is 0 Å². The van der Waals surface area contributed by atoms with Gasteiger partial charge in [-0.15, -0.1) is 0 Å². The molecule has 2 amide bonds. The minimum atomic E-state index is -0.0958. The molecule has 1 aliphatic heterocycles. The Hall–Kier alpha value is -2.24. The van der Waals surface area contributed by atoms with Crippen molar-refractivity contribution in [1.82, 2.24) is 10.2 Å². The number of hydrogen-bond acceptors (Lipinski definition) is 4. The Morgan fingerprint density at radius 1 is 1.24 bits per heavy atom. The number of nitrogens with two attached hydrogens (primary N) is 1. The number of nitrogens with one attached hydrogen (secondary N) is 1. The topological polar surface area (TPSA) is 78.7 Å². The van der Waals surface area contributed by atoms with E-state index in [1.54, 1.807) is 19.1 Å². The summed E-state index contributed by atoms with van der Waals surface area (Å²) in [5.41, 5.74) is 7.96. The molecule has 0 radical (unpaired) electrons. The molecule has 0 aliphatic carbocycles. The third-order valence-corrected chi connectivity index (χ3v) is 3.67. The SMILES string of the molecule is CCNC(=O)c1ccc(N)cc1N1CCN(C(C)=O)CC1. The summed E-state index contributed by atoms with van der Waals surface area (Å²) in [5, 5.41) is 2.82. The first-order chi connectivity index (χ1) is 10.0. The van der Waals surface area contributed by atoms with Gasteiger partial charge >= 0.3 is 0 Å². The first-order valence-corrected chi connectivity index (χ1v) is 7.21. The van der Waals surface area contributed by atoms with Gasteiger partial charge in [-0.3, -0.25) is 9.59 Å². The Bertz CT molecular complexity index is 536. The van der Waals surface area contributed by atoms with Crippen molar-refractivity contribution in [2.45, 2.75) is 13.8 Å². The molecule has 114 valence electrons. The van der Waals surface area contributed by atoms with Crippen molar-refractivity contribution in [3.63, 3.8) is 0 Å². The first kappa shape index (κ1) is 15.2. The van der Waals surface area contributed by atoms with Gasteiger partial charge < -0.3 is 20.9 Å². The van der Waals surface area contributed by atoms with E-state index in [9.17, 15) is 9.59 Å². The molecule has 0 unspecified atom stereocenters. The van der Waals surface area contributed by atoms with Crippen LogP contribution in [0.3, 0.4) is 0 Å². The maximum absolute atomic E-state index is 12.1. The Kier molecular flexibility index (Phi) is 4.67. The molecule has 1 saturated heterocycles. The molecule has 2 rings (SSSR count). The summed E-state index contributed by atoms with van der Waals surface area (Å²) >= 11 is 0. The highest BCUT2D eigenvalue weighted by atomic mass is 16.2. The van der Waals surface area contributed by atoms with E-state index in [2.05, 4.69) is 10.2 Å². The monoisotopic (exact) mass is 290 g/mol. The number of benzene rings is 1. The highest BCUT2D eigenvalue weighted by molar-refractivity contribution is 6.00. The molecule has 0 atom stereocenters. The Labute approximate surface area is 124 Å². The molecule has 1 aromatic rings. The molecule has 21 heavy (non-hydrogen) atoms. The Morgan fingerprint density at radius 2 is 1.90 bits per heavy atom. The van der Waals surface area contributed by atoms with E-state index in [0.29, 0.717) is 44.0 Å². The van der Waals surface area contributed by atoms with Crippen molar-refractivity contribution in [3.05, 3.63) is 23.8 Å².